The number of carbonyl (C=O) groups is 2. The van der Waals surface area contributed by atoms with E-state index >= 15 is 0 Å². The molecule has 0 aliphatic carbocycles. The first-order chi connectivity index (χ1) is 12.4. The highest BCUT2D eigenvalue weighted by atomic mass is 16.5. The third-order valence-electron chi connectivity index (χ3n) is 3.98. The molecule has 0 radical (unpaired) electrons. The molecule has 3 aromatic rings. The SMILES string of the molecule is COC(=O)c1ccccc1NC(=O)c1cc(=O)c2c(C)cc(C)cc2o1. The first kappa shape index (κ1) is 17.4. The second kappa shape index (κ2) is 6.84. The number of nitrogens with one attached hydrogen (secondary N) is 1. The van der Waals surface area contributed by atoms with Gasteiger partial charge in [0.25, 0.3) is 5.91 Å². The van der Waals surface area contributed by atoms with Gasteiger partial charge in [-0.2, -0.15) is 0 Å². The van der Waals surface area contributed by atoms with Gasteiger partial charge in [0.05, 0.1) is 23.7 Å². The molecule has 0 aliphatic heterocycles. The Labute approximate surface area is 149 Å². The Bertz CT molecular complexity index is 1080. The molecule has 26 heavy (non-hydrogen) atoms. The fraction of sp³-hybridized carbons (Fsp3) is 0.150. The normalized spacial score (nSPS) is 10.6. The van der Waals surface area contributed by atoms with Gasteiger partial charge in [-0.3, -0.25) is 9.59 Å². The Balaban J connectivity index is 2.02. The van der Waals surface area contributed by atoms with Gasteiger partial charge in [-0.1, -0.05) is 18.2 Å². The zero-order chi connectivity index (χ0) is 18.8. The number of benzene rings is 2. The first-order valence-electron chi connectivity index (χ1n) is 7.94. The van der Waals surface area contributed by atoms with Gasteiger partial charge in [0.15, 0.2) is 11.2 Å². The van der Waals surface area contributed by atoms with Crippen LogP contribution in [0.2, 0.25) is 0 Å². The average molecular weight is 351 g/mol. The number of esters is 1. The molecule has 1 heterocycles. The smallest absolute Gasteiger partial charge is 0.339 e. The van der Waals surface area contributed by atoms with E-state index in [1.54, 1.807) is 24.3 Å². The second-order valence-corrected chi connectivity index (χ2v) is 5.92. The summed E-state index contributed by atoms with van der Waals surface area (Å²) in [5, 5.41) is 3.04. The quantitative estimate of drug-likeness (QED) is 0.731. The molecule has 0 atom stereocenters. The number of amides is 1. The number of ether oxygens (including phenoxy) is 1. The summed E-state index contributed by atoms with van der Waals surface area (Å²) in [6, 6.07) is 11.2. The number of para-hydroxylation sites is 1. The van der Waals surface area contributed by atoms with E-state index in [2.05, 4.69) is 5.32 Å². The third kappa shape index (κ3) is 3.21. The third-order valence-corrected chi connectivity index (χ3v) is 3.98. The Morgan fingerprint density at radius 1 is 1.08 bits per heavy atom. The molecule has 132 valence electrons. The largest absolute Gasteiger partial charge is 0.465 e. The van der Waals surface area contributed by atoms with Crippen LogP contribution >= 0.6 is 0 Å². The van der Waals surface area contributed by atoms with Crippen molar-refractivity contribution in [3.05, 3.63) is 75.1 Å². The Morgan fingerprint density at radius 2 is 1.81 bits per heavy atom. The molecule has 0 bridgehead atoms. The van der Waals surface area contributed by atoms with Gasteiger partial charge in [-0.25, -0.2) is 4.79 Å². The zero-order valence-corrected chi connectivity index (χ0v) is 14.6. The van der Waals surface area contributed by atoms with Gasteiger partial charge in [0.2, 0.25) is 0 Å². The van der Waals surface area contributed by atoms with E-state index < -0.39 is 11.9 Å². The van der Waals surface area contributed by atoms with E-state index in [1.807, 2.05) is 19.9 Å². The number of methoxy groups -OCH3 is 1. The van der Waals surface area contributed by atoms with Crippen LogP contribution in [0.25, 0.3) is 11.0 Å². The van der Waals surface area contributed by atoms with Crippen molar-refractivity contribution in [1.29, 1.82) is 0 Å². The first-order valence-corrected chi connectivity index (χ1v) is 7.94. The van der Waals surface area contributed by atoms with Crippen molar-refractivity contribution >= 4 is 28.5 Å². The molecule has 0 saturated heterocycles. The molecular formula is C20H17NO5. The monoisotopic (exact) mass is 351 g/mol. The molecule has 0 saturated carbocycles. The summed E-state index contributed by atoms with van der Waals surface area (Å²) in [5.74, 6) is -1.33. The Kier molecular flexibility index (Phi) is 4.58. The van der Waals surface area contributed by atoms with Crippen molar-refractivity contribution in [3.63, 3.8) is 0 Å². The fourth-order valence-electron chi connectivity index (χ4n) is 2.84. The fourth-order valence-corrected chi connectivity index (χ4v) is 2.84. The Hall–Kier alpha value is -3.41. The summed E-state index contributed by atoms with van der Waals surface area (Å²) in [7, 11) is 1.26. The van der Waals surface area contributed by atoms with E-state index in [4.69, 9.17) is 9.15 Å². The molecule has 0 fully saturated rings. The highest BCUT2D eigenvalue weighted by Crippen LogP contribution is 2.21. The highest BCUT2D eigenvalue weighted by Gasteiger charge is 2.17. The molecule has 6 heteroatoms. The molecule has 0 unspecified atom stereocenters. The summed E-state index contributed by atoms with van der Waals surface area (Å²) in [6.45, 7) is 3.70. The van der Waals surface area contributed by atoms with E-state index in [0.717, 1.165) is 17.2 Å². The van der Waals surface area contributed by atoms with Crippen LogP contribution < -0.4 is 10.7 Å². The number of fused-ring (bicyclic) bond motifs is 1. The van der Waals surface area contributed by atoms with Crippen LogP contribution in [-0.4, -0.2) is 19.0 Å². The predicted octanol–water partition coefficient (Wildman–Crippen LogP) is 3.45. The van der Waals surface area contributed by atoms with E-state index in [1.165, 1.54) is 13.2 Å². The lowest BCUT2D eigenvalue weighted by Gasteiger charge is -2.10. The summed E-state index contributed by atoms with van der Waals surface area (Å²) in [6.07, 6.45) is 0. The molecule has 2 aromatic carbocycles. The standard InChI is InChI=1S/C20H17NO5/c1-11-8-12(2)18-15(22)10-17(26-16(18)9-11)19(23)21-14-7-5-4-6-13(14)20(24)25-3/h4-10H,1-3H3,(H,21,23). The van der Waals surface area contributed by atoms with Crippen LogP contribution in [0.4, 0.5) is 5.69 Å². The number of hydrogen-bond acceptors (Lipinski definition) is 5. The van der Waals surface area contributed by atoms with Gasteiger partial charge >= 0.3 is 5.97 Å². The lowest BCUT2D eigenvalue weighted by molar-refractivity contribution is 0.0602. The average Bonchev–Trinajstić information content (AvgIpc) is 2.60. The zero-order valence-electron chi connectivity index (χ0n) is 14.6. The predicted molar refractivity (Wildman–Crippen MR) is 97.7 cm³/mol. The topological polar surface area (TPSA) is 85.6 Å². The van der Waals surface area contributed by atoms with Crippen LogP contribution in [0, 0.1) is 13.8 Å². The van der Waals surface area contributed by atoms with Crippen LogP contribution in [0.1, 0.15) is 32.0 Å². The summed E-state index contributed by atoms with van der Waals surface area (Å²) in [5.41, 5.74) is 2.24. The van der Waals surface area contributed by atoms with Gasteiger partial charge in [0.1, 0.15) is 5.58 Å². The molecule has 0 spiro atoms. The Morgan fingerprint density at radius 3 is 2.54 bits per heavy atom. The van der Waals surface area contributed by atoms with Gasteiger partial charge in [-0.15, -0.1) is 0 Å². The molecular weight excluding hydrogens is 334 g/mol. The minimum absolute atomic E-state index is 0.132. The number of carbonyl (C=O) groups excluding carboxylic acids is 2. The molecule has 1 aromatic heterocycles. The highest BCUT2D eigenvalue weighted by molar-refractivity contribution is 6.07. The van der Waals surface area contributed by atoms with Gasteiger partial charge < -0.3 is 14.5 Å². The van der Waals surface area contributed by atoms with E-state index in [9.17, 15) is 14.4 Å². The lowest BCUT2D eigenvalue weighted by Crippen LogP contribution is -2.17. The van der Waals surface area contributed by atoms with Crippen LogP contribution in [0.5, 0.6) is 0 Å². The van der Waals surface area contributed by atoms with Crippen molar-refractivity contribution in [2.45, 2.75) is 13.8 Å². The lowest BCUT2D eigenvalue weighted by atomic mass is 10.1. The maximum atomic E-state index is 12.5. The summed E-state index contributed by atoms with van der Waals surface area (Å²) in [4.78, 5) is 36.8. The van der Waals surface area contributed by atoms with Crippen molar-refractivity contribution < 1.29 is 18.7 Å². The van der Waals surface area contributed by atoms with Crippen LogP contribution in [0.15, 0.2) is 51.7 Å². The number of rotatable bonds is 3. The minimum Gasteiger partial charge on any atom is -0.465 e. The summed E-state index contributed by atoms with van der Waals surface area (Å²) >= 11 is 0. The molecule has 3 rings (SSSR count). The van der Waals surface area contributed by atoms with E-state index in [-0.39, 0.29) is 22.4 Å². The van der Waals surface area contributed by atoms with Crippen molar-refractivity contribution in [3.8, 4) is 0 Å². The summed E-state index contributed by atoms with van der Waals surface area (Å²) < 4.78 is 10.3. The molecule has 1 N–H and O–H groups in total. The van der Waals surface area contributed by atoms with E-state index in [0.29, 0.717) is 11.0 Å². The minimum atomic E-state index is -0.625. The van der Waals surface area contributed by atoms with Gasteiger partial charge in [-0.05, 0) is 43.2 Å². The number of hydrogen-bond donors (Lipinski definition) is 1. The number of aryl methyl sites for hydroxylation is 2. The van der Waals surface area contributed by atoms with Crippen molar-refractivity contribution in [2.75, 3.05) is 12.4 Å². The maximum absolute atomic E-state index is 12.5. The van der Waals surface area contributed by atoms with Crippen LogP contribution in [0.3, 0.4) is 0 Å². The number of anilines is 1. The van der Waals surface area contributed by atoms with Crippen molar-refractivity contribution in [2.24, 2.45) is 0 Å². The van der Waals surface area contributed by atoms with Gasteiger partial charge in [0, 0.05) is 6.07 Å². The maximum Gasteiger partial charge on any atom is 0.339 e. The molecule has 1 amide bonds. The molecule has 6 nitrogen and oxygen atoms in total. The van der Waals surface area contributed by atoms with Crippen molar-refractivity contribution in [1.82, 2.24) is 0 Å². The molecule has 0 aliphatic rings. The van der Waals surface area contributed by atoms with Crippen LogP contribution in [-0.2, 0) is 4.74 Å². The second-order valence-electron chi connectivity index (χ2n) is 5.92.